The third-order valence-corrected chi connectivity index (χ3v) is 2.54. The molecule has 0 saturated heterocycles. The fourth-order valence-corrected chi connectivity index (χ4v) is 1.74. The van der Waals surface area contributed by atoms with Gasteiger partial charge in [-0.05, 0) is 12.8 Å². The Bertz CT molecular complexity index is 201. The zero-order chi connectivity index (χ0) is 9.14. The van der Waals surface area contributed by atoms with Gasteiger partial charge in [0, 0.05) is 6.42 Å². The Balaban J connectivity index is 2.60. The van der Waals surface area contributed by atoms with Gasteiger partial charge in [-0.1, -0.05) is 29.6 Å². The smallest absolute Gasteiger partial charge is 0.176 e. The lowest BCUT2D eigenvalue weighted by atomic mass is 9.85. The van der Waals surface area contributed by atoms with Crippen LogP contribution < -0.4 is 0 Å². The van der Waals surface area contributed by atoms with E-state index in [9.17, 15) is 9.59 Å². The number of hydrogen-bond donors (Lipinski definition) is 0. The summed E-state index contributed by atoms with van der Waals surface area (Å²) in [7, 11) is 0. The van der Waals surface area contributed by atoms with Crippen LogP contribution in [0.25, 0.3) is 0 Å². The van der Waals surface area contributed by atoms with E-state index in [0.29, 0.717) is 12.8 Å². The number of ketones is 2. The van der Waals surface area contributed by atoms with Gasteiger partial charge >= 0.3 is 0 Å². The molecule has 1 unspecified atom stereocenters. The molecule has 0 aromatic heterocycles. The fourth-order valence-electron chi connectivity index (χ4n) is 1.44. The van der Waals surface area contributed by atoms with E-state index >= 15 is 0 Å². The molecule has 0 aromatic carbocycles. The molecular weight excluding hydrogens is 199 g/mol. The van der Waals surface area contributed by atoms with Gasteiger partial charge in [-0.3, -0.25) is 9.59 Å². The second-order valence-electron chi connectivity index (χ2n) is 2.97. The Kier molecular flexibility index (Phi) is 3.53. The van der Waals surface area contributed by atoms with E-state index in [1.807, 2.05) is 0 Å². The standard InChI is InChI=1S/C8H10Cl2O2/c9-8(10)7(12)5-3-1-2-4-6(5)11/h5,8H,1-4H2. The molecule has 1 saturated carbocycles. The lowest BCUT2D eigenvalue weighted by molar-refractivity contribution is -0.133. The maximum atomic E-state index is 11.2. The van der Waals surface area contributed by atoms with Crippen LogP contribution in [0.4, 0.5) is 0 Å². The van der Waals surface area contributed by atoms with Crippen molar-refractivity contribution < 1.29 is 9.59 Å². The number of Topliss-reactive ketones (excluding diaryl/α,β-unsaturated/α-hetero) is 2. The first-order valence-electron chi connectivity index (χ1n) is 3.97. The molecule has 1 aliphatic carbocycles. The molecule has 0 N–H and O–H groups in total. The Morgan fingerprint density at radius 1 is 1.42 bits per heavy atom. The van der Waals surface area contributed by atoms with E-state index < -0.39 is 10.8 Å². The molecular formula is C8H10Cl2O2. The Hall–Kier alpha value is -0.0800. The van der Waals surface area contributed by atoms with Gasteiger partial charge < -0.3 is 0 Å². The van der Waals surface area contributed by atoms with E-state index in [-0.39, 0.29) is 11.6 Å². The monoisotopic (exact) mass is 208 g/mol. The van der Waals surface area contributed by atoms with E-state index in [1.165, 1.54) is 0 Å². The van der Waals surface area contributed by atoms with Crippen molar-refractivity contribution in [1.82, 2.24) is 0 Å². The van der Waals surface area contributed by atoms with Gasteiger partial charge in [0.1, 0.15) is 5.78 Å². The third kappa shape index (κ3) is 2.20. The predicted molar refractivity (Wildman–Crippen MR) is 47.5 cm³/mol. The first-order valence-corrected chi connectivity index (χ1v) is 4.85. The topological polar surface area (TPSA) is 34.1 Å². The molecule has 0 bridgehead atoms. The second-order valence-corrected chi connectivity index (χ2v) is 4.06. The van der Waals surface area contributed by atoms with Gasteiger partial charge in [0.2, 0.25) is 0 Å². The first-order chi connectivity index (χ1) is 5.63. The number of hydrogen-bond acceptors (Lipinski definition) is 2. The van der Waals surface area contributed by atoms with E-state index in [2.05, 4.69) is 0 Å². The highest BCUT2D eigenvalue weighted by atomic mass is 35.5. The van der Waals surface area contributed by atoms with E-state index in [4.69, 9.17) is 23.2 Å². The van der Waals surface area contributed by atoms with Crippen LogP contribution in [0.2, 0.25) is 0 Å². The van der Waals surface area contributed by atoms with Crippen LogP contribution >= 0.6 is 23.2 Å². The lowest BCUT2D eigenvalue weighted by Gasteiger charge is -2.19. The molecule has 4 heteroatoms. The summed E-state index contributed by atoms with van der Waals surface area (Å²) >= 11 is 10.8. The summed E-state index contributed by atoms with van der Waals surface area (Å²) in [5.41, 5.74) is 0. The summed E-state index contributed by atoms with van der Waals surface area (Å²) in [6.45, 7) is 0. The van der Waals surface area contributed by atoms with Gasteiger partial charge in [-0.15, -0.1) is 0 Å². The van der Waals surface area contributed by atoms with Crippen molar-refractivity contribution in [3.8, 4) is 0 Å². The summed E-state index contributed by atoms with van der Waals surface area (Å²) in [4.78, 5) is 21.4. The average Bonchev–Trinajstić information content (AvgIpc) is 2.04. The van der Waals surface area contributed by atoms with Crippen molar-refractivity contribution in [3.05, 3.63) is 0 Å². The van der Waals surface area contributed by atoms with Crippen LogP contribution in [0.15, 0.2) is 0 Å². The van der Waals surface area contributed by atoms with Crippen molar-refractivity contribution in [2.45, 2.75) is 30.5 Å². The molecule has 0 aromatic rings. The second kappa shape index (κ2) is 4.24. The van der Waals surface area contributed by atoms with Crippen LogP contribution in [0.3, 0.4) is 0 Å². The molecule has 12 heavy (non-hydrogen) atoms. The van der Waals surface area contributed by atoms with Gasteiger partial charge in [-0.25, -0.2) is 0 Å². The molecule has 1 aliphatic rings. The molecule has 2 nitrogen and oxygen atoms in total. The van der Waals surface area contributed by atoms with Crippen LogP contribution in [0, 0.1) is 5.92 Å². The van der Waals surface area contributed by atoms with Crippen molar-refractivity contribution >= 4 is 34.8 Å². The quantitative estimate of drug-likeness (QED) is 0.515. The largest absolute Gasteiger partial charge is 0.299 e. The van der Waals surface area contributed by atoms with Gasteiger partial charge in [0.15, 0.2) is 10.6 Å². The first kappa shape index (κ1) is 10.0. The van der Waals surface area contributed by atoms with Gasteiger partial charge in [0.25, 0.3) is 0 Å². The summed E-state index contributed by atoms with van der Waals surface area (Å²) in [6, 6.07) is 0. The Morgan fingerprint density at radius 2 is 2.08 bits per heavy atom. The van der Waals surface area contributed by atoms with Crippen molar-refractivity contribution in [1.29, 1.82) is 0 Å². The molecule has 0 aliphatic heterocycles. The SMILES string of the molecule is O=C1CCCCC1C(=O)C(Cl)Cl. The Labute approximate surface area is 81.2 Å². The van der Waals surface area contributed by atoms with Crippen LogP contribution in [0.1, 0.15) is 25.7 Å². The molecule has 0 radical (unpaired) electrons. The summed E-state index contributed by atoms with van der Waals surface area (Å²) in [5, 5.41) is 0. The normalized spacial score (nSPS) is 24.6. The number of carbonyl (C=O) groups excluding carboxylic acids is 2. The maximum Gasteiger partial charge on any atom is 0.176 e. The lowest BCUT2D eigenvalue weighted by Crippen LogP contribution is -2.30. The van der Waals surface area contributed by atoms with Crippen LogP contribution in [-0.2, 0) is 9.59 Å². The molecule has 1 atom stereocenters. The summed E-state index contributed by atoms with van der Waals surface area (Å²) in [6.07, 6.45) is 2.92. The molecule has 1 fully saturated rings. The molecule has 68 valence electrons. The molecule has 0 amide bonds. The summed E-state index contributed by atoms with van der Waals surface area (Å²) < 4.78 is 0. The number of halogens is 2. The van der Waals surface area contributed by atoms with Gasteiger partial charge in [0.05, 0.1) is 5.92 Å². The molecule has 0 spiro atoms. The van der Waals surface area contributed by atoms with Crippen LogP contribution in [-0.4, -0.2) is 16.4 Å². The van der Waals surface area contributed by atoms with Crippen molar-refractivity contribution in [2.75, 3.05) is 0 Å². The van der Waals surface area contributed by atoms with Crippen molar-refractivity contribution in [2.24, 2.45) is 5.92 Å². The number of rotatable bonds is 2. The van der Waals surface area contributed by atoms with E-state index in [0.717, 1.165) is 12.8 Å². The Morgan fingerprint density at radius 3 is 2.58 bits per heavy atom. The average molecular weight is 209 g/mol. The van der Waals surface area contributed by atoms with Crippen molar-refractivity contribution in [3.63, 3.8) is 0 Å². The van der Waals surface area contributed by atoms with E-state index in [1.54, 1.807) is 0 Å². The summed E-state index contributed by atoms with van der Waals surface area (Å²) in [5.74, 6) is -0.862. The molecule has 1 rings (SSSR count). The maximum absolute atomic E-state index is 11.2. The zero-order valence-electron chi connectivity index (χ0n) is 6.56. The fraction of sp³-hybridized carbons (Fsp3) is 0.750. The minimum atomic E-state index is -1.04. The highest BCUT2D eigenvalue weighted by Crippen LogP contribution is 2.24. The predicted octanol–water partition coefficient (Wildman–Crippen LogP) is 2.12. The zero-order valence-corrected chi connectivity index (χ0v) is 8.07. The third-order valence-electron chi connectivity index (χ3n) is 2.11. The molecule has 0 heterocycles. The number of carbonyl (C=O) groups is 2. The highest BCUT2D eigenvalue weighted by Gasteiger charge is 2.31. The minimum Gasteiger partial charge on any atom is -0.299 e. The minimum absolute atomic E-state index is 0.00227. The van der Waals surface area contributed by atoms with Gasteiger partial charge in [-0.2, -0.15) is 0 Å². The number of alkyl halides is 2. The highest BCUT2D eigenvalue weighted by molar-refractivity contribution is 6.54. The van der Waals surface area contributed by atoms with Crippen LogP contribution in [0.5, 0.6) is 0 Å².